The monoisotopic (exact) mass is 364 g/mol. The Morgan fingerprint density at radius 3 is 2.23 bits per heavy atom. The Kier molecular flexibility index (Phi) is 8.95. The van der Waals surface area contributed by atoms with E-state index in [4.69, 9.17) is 4.74 Å². The average Bonchev–Trinajstić information content (AvgIpc) is 2.61. The van der Waals surface area contributed by atoms with E-state index < -0.39 is 36.7 Å². The predicted octanol–water partition coefficient (Wildman–Crippen LogP) is 0.912. The third-order valence-electron chi connectivity index (χ3n) is 3.85. The molecule has 0 bridgehead atoms. The lowest BCUT2D eigenvalue weighted by Gasteiger charge is -2.24. The molecule has 144 valence electrons. The van der Waals surface area contributed by atoms with Gasteiger partial charge in [-0.2, -0.15) is 0 Å². The average molecular weight is 364 g/mol. The van der Waals surface area contributed by atoms with Crippen molar-refractivity contribution in [2.45, 2.75) is 45.4 Å². The number of carbonyl (C=O) groups excluding carboxylic acids is 3. The molecule has 1 amide bonds. The number of amides is 1. The minimum Gasteiger partial charge on any atom is -0.456 e. The van der Waals surface area contributed by atoms with E-state index in [1.165, 1.54) is 6.92 Å². The first kappa shape index (κ1) is 21.8. The van der Waals surface area contributed by atoms with Crippen LogP contribution >= 0.6 is 0 Å². The third kappa shape index (κ3) is 6.93. The molecule has 1 aromatic carbocycles. The summed E-state index contributed by atoms with van der Waals surface area (Å²) < 4.78 is 4.99. The molecule has 0 aliphatic heterocycles. The minimum absolute atomic E-state index is 0.277. The SMILES string of the molecule is CNC(CC(C)C)C(=O)N[C@@H](C(=O)OCC(=O)c1ccccc1)C(C)O. The van der Waals surface area contributed by atoms with E-state index in [2.05, 4.69) is 10.6 Å². The van der Waals surface area contributed by atoms with Crippen LogP contribution in [0.3, 0.4) is 0 Å². The van der Waals surface area contributed by atoms with Crippen LogP contribution in [-0.2, 0) is 14.3 Å². The lowest BCUT2D eigenvalue weighted by molar-refractivity contribution is -0.150. The van der Waals surface area contributed by atoms with Crippen molar-refractivity contribution in [1.82, 2.24) is 10.6 Å². The summed E-state index contributed by atoms with van der Waals surface area (Å²) >= 11 is 0. The van der Waals surface area contributed by atoms with Crippen LogP contribution < -0.4 is 10.6 Å². The maximum absolute atomic E-state index is 12.3. The molecule has 2 unspecified atom stereocenters. The highest BCUT2D eigenvalue weighted by molar-refractivity contribution is 5.98. The number of carbonyl (C=O) groups is 3. The molecule has 0 saturated heterocycles. The second-order valence-electron chi connectivity index (χ2n) is 6.59. The summed E-state index contributed by atoms with van der Waals surface area (Å²) in [6, 6.07) is 6.70. The largest absolute Gasteiger partial charge is 0.456 e. The fourth-order valence-corrected chi connectivity index (χ4v) is 2.39. The summed E-state index contributed by atoms with van der Waals surface area (Å²) in [4.78, 5) is 36.6. The first-order valence-corrected chi connectivity index (χ1v) is 8.66. The molecule has 1 aromatic rings. The zero-order chi connectivity index (χ0) is 19.7. The number of hydrogen-bond acceptors (Lipinski definition) is 6. The summed E-state index contributed by atoms with van der Waals surface area (Å²) in [5, 5.41) is 15.2. The number of nitrogens with one attached hydrogen (secondary N) is 2. The number of aliphatic hydroxyl groups excluding tert-OH is 1. The van der Waals surface area contributed by atoms with Gasteiger partial charge in [0, 0.05) is 5.56 Å². The Hall–Kier alpha value is -2.25. The van der Waals surface area contributed by atoms with Gasteiger partial charge in [-0.25, -0.2) is 4.79 Å². The molecule has 0 spiro atoms. The molecule has 7 nitrogen and oxygen atoms in total. The molecule has 0 fully saturated rings. The second kappa shape index (κ2) is 10.7. The molecule has 3 atom stereocenters. The maximum Gasteiger partial charge on any atom is 0.331 e. The molecule has 0 heterocycles. The Morgan fingerprint density at radius 2 is 1.73 bits per heavy atom. The number of Topliss-reactive ketones (excluding diaryl/α,β-unsaturated/α-hetero) is 1. The molecule has 1 rings (SSSR count). The van der Waals surface area contributed by atoms with Gasteiger partial charge in [0.15, 0.2) is 18.4 Å². The Labute approximate surface area is 154 Å². The zero-order valence-corrected chi connectivity index (χ0v) is 15.7. The molecular weight excluding hydrogens is 336 g/mol. The fourth-order valence-electron chi connectivity index (χ4n) is 2.39. The molecule has 0 radical (unpaired) electrons. The van der Waals surface area contributed by atoms with E-state index in [1.807, 2.05) is 13.8 Å². The molecular formula is C19H28N2O5. The second-order valence-corrected chi connectivity index (χ2v) is 6.59. The van der Waals surface area contributed by atoms with Crippen LogP contribution in [-0.4, -0.2) is 54.6 Å². The van der Waals surface area contributed by atoms with Crippen molar-refractivity contribution in [2.24, 2.45) is 5.92 Å². The van der Waals surface area contributed by atoms with Gasteiger partial charge in [0.05, 0.1) is 12.1 Å². The van der Waals surface area contributed by atoms with E-state index in [-0.39, 0.29) is 11.7 Å². The van der Waals surface area contributed by atoms with Gasteiger partial charge in [-0.15, -0.1) is 0 Å². The Morgan fingerprint density at radius 1 is 1.12 bits per heavy atom. The van der Waals surface area contributed by atoms with E-state index in [1.54, 1.807) is 37.4 Å². The minimum atomic E-state index is -1.24. The van der Waals surface area contributed by atoms with Crippen molar-refractivity contribution in [1.29, 1.82) is 0 Å². The highest BCUT2D eigenvalue weighted by Gasteiger charge is 2.30. The smallest absolute Gasteiger partial charge is 0.331 e. The maximum atomic E-state index is 12.3. The molecule has 7 heteroatoms. The Bertz CT molecular complexity index is 601. The normalized spacial score (nSPS) is 14.4. The van der Waals surface area contributed by atoms with E-state index in [0.29, 0.717) is 12.0 Å². The van der Waals surface area contributed by atoms with Gasteiger partial charge in [-0.1, -0.05) is 44.2 Å². The van der Waals surface area contributed by atoms with E-state index in [0.717, 1.165) is 0 Å². The van der Waals surface area contributed by atoms with Crippen LogP contribution in [0.2, 0.25) is 0 Å². The summed E-state index contributed by atoms with van der Waals surface area (Å²) in [5.41, 5.74) is 0.421. The number of ketones is 1. The van der Waals surface area contributed by atoms with Gasteiger partial charge in [0.25, 0.3) is 0 Å². The standard InChI is InChI=1S/C19H28N2O5/c1-12(2)10-15(20-4)18(24)21-17(13(3)22)19(25)26-11-16(23)14-8-6-5-7-9-14/h5-9,12-13,15,17,20,22H,10-11H2,1-4H3,(H,21,24)/t13?,15?,17-/m1/s1. The molecule has 0 aromatic heterocycles. The van der Waals surface area contributed by atoms with Crippen molar-refractivity contribution in [3.05, 3.63) is 35.9 Å². The van der Waals surface area contributed by atoms with Crippen LogP contribution in [0.25, 0.3) is 0 Å². The molecule has 0 aliphatic rings. The first-order chi connectivity index (χ1) is 12.3. The summed E-state index contributed by atoms with van der Waals surface area (Å²) in [7, 11) is 1.65. The number of esters is 1. The van der Waals surface area contributed by atoms with Crippen LogP contribution in [0.15, 0.2) is 30.3 Å². The van der Waals surface area contributed by atoms with E-state index >= 15 is 0 Å². The number of benzene rings is 1. The molecule has 0 aliphatic carbocycles. The Balaban J connectivity index is 2.66. The molecule has 3 N–H and O–H groups in total. The number of likely N-dealkylation sites (N-methyl/N-ethyl adjacent to an activating group) is 1. The zero-order valence-electron chi connectivity index (χ0n) is 15.7. The lowest BCUT2D eigenvalue weighted by Crippen LogP contribution is -2.54. The number of aliphatic hydroxyl groups is 1. The van der Waals surface area contributed by atoms with Gasteiger partial charge >= 0.3 is 5.97 Å². The molecule has 0 saturated carbocycles. The van der Waals surface area contributed by atoms with Crippen molar-refractivity contribution in [2.75, 3.05) is 13.7 Å². The highest BCUT2D eigenvalue weighted by atomic mass is 16.5. The summed E-state index contributed by atoms with van der Waals surface area (Å²) in [6.45, 7) is 4.88. The van der Waals surface area contributed by atoms with Gasteiger partial charge in [-0.3, -0.25) is 9.59 Å². The topological polar surface area (TPSA) is 105 Å². The van der Waals surface area contributed by atoms with Gasteiger partial charge < -0.3 is 20.5 Å². The van der Waals surface area contributed by atoms with Crippen LogP contribution in [0, 0.1) is 5.92 Å². The predicted molar refractivity (Wildman–Crippen MR) is 97.6 cm³/mol. The van der Waals surface area contributed by atoms with Crippen LogP contribution in [0.4, 0.5) is 0 Å². The first-order valence-electron chi connectivity index (χ1n) is 8.66. The number of hydrogen-bond donors (Lipinski definition) is 3. The van der Waals surface area contributed by atoms with Gasteiger partial charge in [0.2, 0.25) is 5.91 Å². The van der Waals surface area contributed by atoms with Crippen molar-refractivity contribution in [3.8, 4) is 0 Å². The van der Waals surface area contributed by atoms with Crippen LogP contribution in [0.1, 0.15) is 37.6 Å². The van der Waals surface area contributed by atoms with Crippen molar-refractivity contribution in [3.63, 3.8) is 0 Å². The van der Waals surface area contributed by atoms with Crippen molar-refractivity contribution >= 4 is 17.7 Å². The van der Waals surface area contributed by atoms with Crippen LogP contribution in [0.5, 0.6) is 0 Å². The van der Waals surface area contributed by atoms with Crippen molar-refractivity contribution < 1.29 is 24.2 Å². The highest BCUT2D eigenvalue weighted by Crippen LogP contribution is 2.07. The summed E-state index contributed by atoms with van der Waals surface area (Å²) in [6.07, 6.45) is -0.578. The number of rotatable bonds is 10. The quantitative estimate of drug-likeness (QED) is 0.421. The summed E-state index contributed by atoms with van der Waals surface area (Å²) in [5.74, 6) is -1.34. The molecule has 26 heavy (non-hydrogen) atoms. The van der Waals surface area contributed by atoms with Gasteiger partial charge in [0.1, 0.15) is 0 Å². The fraction of sp³-hybridized carbons (Fsp3) is 0.526. The van der Waals surface area contributed by atoms with E-state index in [9.17, 15) is 19.5 Å². The number of ether oxygens (including phenoxy) is 1. The lowest BCUT2D eigenvalue weighted by atomic mass is 10.0. The van der Waals surface area contributed by atoms with Gasteiger partial charge in [-0.05, 0) is 26.3 Å². The third-order valence-corrected chi connectivity index (χ3v) is 3.85.